The molecule has 3 nitrogen and oxygen atoms in total. The van der Waals surface area contributed by atoms with Crippen molar-refractivity contribution in [2.45, 2.75) is 39.7 Å². The van der Waals surface area contributed by atoms with Crippen molar-refractivity contribution in [1.29, 1.82) is 0 Å². The Labute approximate surface area is 109 Å². The zero-order chi connectivity index (χ0) is 13.7. The Balaban J connectivity index is 3.05. The summed E-state index contributed by atoms with van der Waals surface area (Å²) < 4.78 is 5.19. The molecule has 18 heavy (non-hydrogen) atoms. The largest absolute Gasteiger partial charge is 0.496 e. The maximum Gasteiger partial charge on any atom is 0.195 e. The molecule has 1 N–H and O–H groups in total. The van der Waals surface area contributed by atoms with Gasteiger partial charge in [-0.15, -0.1) is 0 Å². The third-order valence-electron chi connectivity index (χ3n) is 3.38. The Morgan fingerprint density at radius 2 is 1.94 bits per heavy atom. The van der Waals surface area contributed by atoms with Gasteiger partial charge in [0, 0.05) is 0 Å². The third-order valence-corrected chi connectivity index (χ3v) is 3.38. The van der Waals surface area contributed by atoms with Crippen LogP contribution >= 0.6 is 0 Å². The maximum absolute atomic E-state index is 12.3. The molecule has 1 atom stereocenters. The van der Waals surface area contributed by atoms with Crippen LogP contribution in [-0.4, -0.2) is 24.1 Å². The molecule has 100 valence electrons. The van der Waals surface area contributed by atoms with E-state index in [0.29, 0.717) is 11.3 Å². The third kappa shape index (κ3) is 3.10. The fraction of sp³-hybridized carbons (Fsp3) is 0.533. The van der Waals surface area contributed by atoms with Gasteiger partial charge in [-0.2, -0.15) is 0 Å². The van der Waals surface area contributed by atoms with Crippen LogP contribution in [-0.2, 0) is 0 Å². The highest BCUT2D eigenvalue weighted by Crippen LogP contribution is 2.24. The number of rotatable bonds is 6. The van der Waals surface area contributed by atoms with Gasteiger partial charge in [-0.05, 0) is 25.0 Å². The molecule has 1 rings (SSSR count). The van der Waals surface area contributed by atoms with Crippen molar-refractivity contribution in [3.63, 3.8) is 0 Å². The Morgan fingerprint density at radius 3 is 2.44 bits per heavy atom. The van der Waals surface area contributed by atoms with E-state index in [1.165, 1.54) is 7.11 Å². The zero-order valence-electron chi connectivity index (χ0n) is 11.6. The molecule has 1 aromatic rings. The van der Waals surface area contributed by atoms with Gasteiger partial charge >= 0.3 is 0 Å². The molecule has 0 fully saturated rings. The van der Waals surface area contributed by atoms with E-state index in [2.05, 4.69) is 0 Å². The van der Waals surface area contributed by atoms with Gasteiger partial charge in [-0.25, -0.2) is 0 Å². The maximum atomic E-state index is 12.3. The highest BCUT2D eigenvalue weighted by molar-refractivity contribution is 6.02. The summed E-state index contributed by atoms with van der Waals surface area (Å²) in [6.45, 7) is 5.88. The Bertz CT molecular complexity index is 408. The van der Waals surface area contributed by atoms with Gasteiger partial charge < -0.3 is 9.84 Å². The molecule has 0 aromatic heterocycles. The van der Waals surface area contributed by atoms with Gasteiger partial charge in [-0.3, -0.25) is 4.79 Å². The first-order chi connectivity index (χ1) is 8.54. The van der Waals surface area contributed by atoms with Gasteiger partial charge in [0.2, 0.25) is 0 Å². The lowest BCUT2D eigenvalue weighted by Gasteiger charge is -2.20. The highest BCUT2D eigenvalue weighted by atomic mass is 16.5. The average Bonchev–Trinajstić information content (AvgIpc) is 2.39. The molecular formula is C15H22O3. The highest BCUT2D eigenvalue weighted by Gasteiger charge is 2.26. The van der Waals surface area contributed by atoms with Crippen LogP contribution in [0.4, 0.5) is 0 Å². The SMILES string of the molecule is CCC(CC)C(O)C(=O)c1cc(C)ccc1OC. The van der Waals surface area contributed by atoms with Crippen molar-refractivity contribution >= 4 is 5.78 Å². The average molecular weight is 250 g/mol. The van der Waals surface area contributed by atoms with E-state index >= 15 is 0 Å². The molecule has 1 unspecified atom stereocenters. The number of Topliss-reactive ketones (excluding diaryl/α,β-unsaturated/α-hetero) is 1. The lowest BCUT2D eigenvalue weighted by atomic mass is 9.90. The summed E-state index contributed by atoms with van der Waals surface area (Å²) in [5.41, 5.74) is 1.45. The van der Waals surface area contributed by atoms with Gasteiger partial charge in [-0.1, -0.05) is 38.3 Å². The summed E-state index contributed by atoms with van der Waals surface area (Å²) in [6, 6.07) is 5.42. The molecule has 0 spiro atoms. The number of methoxy groups -OCH3 is 1. The van der Waals surface area contributed by atoms with Gasteiger partial charge in [0.1, 0.15) is 11.9 Å². The van der Waals surface area contributed by atoms with Crippen molar-refractivity contribution in [2.24, 2.45) is 5.92 Å². The first-order valence-electron chi connectivity index (χ1n) is 6.42. The van der Waals surface area contributed by atoms with Crippen LogP contribution in [0.3, 0.4) is 0 Å². The van der Waals surface area contributed by atoms with Crippen molar-refractivity contribution in [3.05, 3.63) is 29.3 Å². The Kier molecular flexibility index (Phi) is 5.35. The smallest absolute Gasteiger partial charge is 0.195 e. The number of carbonyl (C=O) groups excluding carboxylic acids is 1. The van der Waals surface area contributed by atoms with Crippen molar-refractivity contribution in [2.75, 3.05) is 7.11 Å². The zero-order valence-corrected chi connectivity index (χ0v) is 11.6. The van der Waals surface area contributed by atoms with Crippen LogP contribution in [0, 0.1) is 12.8 Å². The molecule has 1 aromatic carbocycles. The molecule has 3 heteroatoms. The van der Waals surface area contributed by atoms with Crippen LogP contribution in [0.5, 0.6) is 5.75 Å². The Hall–Kier alpha value is -1.35. The normalized spacial score (nSPS) is 12.6. The van der Waals surface area contributed by atoms with Gasteiger partial charge in [0.25, 0.3) is 0 Å². The first kappa shape index (κ1) is 14.7. The summed E-state index contributed by atoms with van der Waals surface area (Å²) in [5.74, 6) is 0.280. The molecule has 0 bridgehead atoms. The minimum absolute atomic E-state index is 0.00252. The summed E-state index contributed by atoms with van der Waals surface area (Å²) in [4.78, 5) is 12.3. The molecule has 0 saturated carbocycles. The molecule has 0 aliphatic carbocycles. The topological polar surface area (TPSA) is 46.5 Å². The summed E-state index contributed by atoms with van der Waals surface area (Å²) in [7, 11) is 1.53. The molecule has 0 heterocycles. The summed E-state index contributed by atoms with van der Waals surface area (Å²) >= 11 is 0. The van der Waals surface area contributed by atoms with E-state index < -0.39 is 6.10 Å². The van der Waals surface area contributed by atoms with Crippen molar-refractivity contribution in [1.82, 2.24) is 0 Å². The Morgan fingerprint density at radius 1 is 1.33 bits per heavy atom. The van der Waals surface area contributed by atoms with Crippen LogP contribution < -0.4 is 4.74 Å². The second-order valence-corrected chi connectivity index (χ2v) is 4.59. The van der Waals surface area contributed by atoms with E-state index in [4.69, 9.17) is 4.74 Å². The molecule has 0 radical (unpaired) electrons. The monoisotopic (exact) mass is 250 g/mol. The number of aryl methyl sites for hydroxylation is 1. The number of aliphatic hydroxyl groups is 1. The standard InChI is InChI=1S/C15H22O3/c1-5-11(6-2)14(16)15(17)12-9-10(3)7-8-13(12)18-4/h7-9,11,14,16H,5-6H2,1-4H3. The molecule has 0 amide bonds. The number of hydrogen-bond donors (Lipinski definition) is 1. The minimum Gasteiger partial charge on any atom is -0.496 e. The fourth-order valence-electron chi connectivity index (χ4n) is 2.12. The van der Waals surface area contributed by atoms with E-state index in [-0.39, 0.29) is 11.7 Å². The van der Waals surface area contributed by atoms with Crippen LogP contribution in [0.15, 0.2) is 18.2 Å². The predicted molar refractivity (Wildman–Crippen MR) is 72.1 cm³/mol. The lowest BCUT2D eigenvalue weighted by Crippen LogP contribution is -2.29. The number of benzene rings is 1. The second kappa shape index (κ2) is 6.55. The molecule has 0 aliphatic rings. The van der Waals surface area contributed by atoms with Gasteiger partial charge in [0.05, 0.1) is 12.7 Å². The number of hydrogen-bond acceptors (Lipinski definition) is 3. The van der Waals surface area contributed by atoms with Crippen LogP contribution in [0.2, 0.25) is 0 Å². The lowest BCUT2D eigenvalue weighted by molar-refractivity contribution is 0.0585. The molecular weight excluding hydrogens is 228 g/mol. The quantitative estimate of drug-likeness (QED) is 0.789. The number of aliphatic hydroxyl groups excluding tert-OH is 1. The van der Waals surface area contributed by atoms with E-state index in [9.17, 15) is 9.90 Å². The number of ether oxygens (including phenoxy) is 1. The molecule has 0 aliphatic heterocycles. The van der Waals surface area contributed by atoms with Gasteiger partial charge in [0.15, 0.2) is 5.78 Å². The van der Waals surface area contributed by atoms with Crippen molar-refractivity contribution < 1.29 is 14.6 Å². The second-order valence-electron chi connectivity index (χ2n) is 4.59. The predicted octanol–water partition coefficient (Wildman–Crippen LogP) is 2.98. The van der Waals surface area contributed by atoms with E-state index in [0.717, 1.165) is 18.4 Å². The van der Waals surface area contributed by atoms with Crippen LogP contribution in [0.25, 0.3) is 0 Å². The van der Waals surface area contributed by atoms with Crippen molar-refractivity contribution in [3.8, 4) is 5.75 Å². The summed E-state index contributed by atoms with van der Waals surface area (Å²) in [6.07, 6.45) is 0.630. The minimum atomic E-state index is -0.948. The first-order valence-corrected chi connectivity index (χ1v) is 6.42. The number of carbonyl (C=O) groups is 1. The van der Waals surface area contributed by atoms with Crippen LogP contribution in [0.1, 0.15) is 42.6 Å². The van der Waals surface area contributed by atoms with E-state index in [1.54, 1.807) is 12.1 Å². The molecule has 0 saturated heterocycles. The van der Waals surface area contributed by atoms with E-state index in [1.807, 2.05) is 26.8 Å². The fourth-order valence-corrected chi connectivity index (χ4v) is 2.12. The number of ketones is 1. The summed E-state index contributed by atoms with van der Waals surface area (Å²) in [5, 5.41) is 10.1.